The van der Waals surface area contributed by atoms with Gasteiger partial charge in [0.25, 0.3) is 0 Å². The molecule has 1 N–H and O–H groups in total. The lowest BCUT2D eigenvalue weighted by molar-refractivity contribution is -0.136. The third-order valence-corrected chi connectivity index (χ3v) is 7.97. The van der Waals surface area contributed by atoms with Gasteiger partial charge >= 0.3 is 6.18 Å². The summed E-state index contributed by atoms with van der Waals surface area (Å²) < 4.78 is 43.7. The molecule has 1 atom stereocenters. The lowest BCUT2D eigenvalue weighted by Crippen LogP contribution is -2.30. The molecule has 1 saturated heterocycles. The number of fused-ring (bicyclic) bond motifs is 2. The molecule has 0 spiro atoms. The minimum absolute atomic E-state index is 0.0438. The summed E-state index contributed by atoms with van der Waals surface area (Å²) in [6.45, 7) is 1.83. The molecule has 2 aliphatic rings. The van der Waals surface area contributed by atoms with Crippen LogP contribution in [0.25, 0.3) is 44.5 Å². The molecule has 3 aromatic carbocycles. The van der Waals surface area contributed by atoms with E-state index in [4.69, 9.17) is 0 Å². The first-order valence-corrected chi connectivity index (χ1v) is 13.2. The molecule has 1 amide bonds. The molecule has 1 unspecified atom stereocenters. The average molecular weight is 530 g/mol. The summed E-state index contributed by atoms with van der Waals surface area (Å²) >= 11 is 0. The maximum Gasteiger partial charge on any atom is 0.418 e. The molecule has 39 heavy (non-hydrogen) atoms. The maximum absolute atomic E-state index is 13.9. The second kappa shape index (κ2) is 8.97. The van der Waals surface area contributed by atoms with E-state index >= 15 is 0 Å². The van der Waals surface area contributed by atoms with Crippen molar-refractivity contribution in [1.29, 1.82) is 0 Å². The Balaban J connectivity index is 1.26. The Labute approximate surface area is 222 Å². The van der Waals surface area contributed by atoms with Crippen LogP contribution in [0.2, 0.25) is 0 Å². The van der Waals surface area contributed by atoms with Crippen molar-refractivity contribution in [2.24, 2.45) is 11.8 Å². The standard InChI is InChI=1S/C30H26F3N5O/c31-30(32,33)24-2-1-3-26-27(24)35-28(38(26)17-18-12-13-37(16-18)29(39)21-8-9-21)20-6-4-19(5-7-20)22-10-11-23-15-34-36-25(23)14-22/h1-7,10-11,14-15,18,21H,8-9,12-13,16-17H2,(H,34,36). The van der Waals surface area contributed by atoms with Gasteiger partial charge in [0.2, 0.25) is 5.91 Å². The van der Waals surface area contributed by atoms with Crippen LogP contribution in [-0.4, -0.2) is 43.6 Å². The number of hydrogen-bond acceptors (Lipinski definition) is 3. The fourth-order valence-electron chi connectivity index (χ4n) is 5.74. The van der Waals surface area contributed by atoms with Gasteiger partial charge in [-0.1, -0.05) is 42.5 Å². The molecule has 5 aromatic rings. The Morgan fingerprint density at radius 3 is 2.51 bits per heavy atom. The first kappa shape index (κ1) is 23.9. The number of para-hydroxylation sites is 1. The van der Waals surface area contributed by atoms with E-state index in [-0.39, 0.29) is 23.3 Å². The quantitative estimate of drug-likeness (QED) is 0.282. The number of alkyl halides is 3. The van der Waals surface area contributed by atoms with Crippen LogP contribution in [0, 0.1) is 11.8 Å². The van der Waals surface area contributed by atoms with Crippen molar-refractivity contribution in [3.63, 3.8) is 0 Å². The van der Waals surface area contributed by atoms with E-state index in [0.717, 1.165) is 52.9 Å². The van der Waals surface area contributed by atoms with Gasteiger partial charge in [-0.2, -0.15) is 18.3 Å². The predicted molar refractivity (Wildman–Crippen MR) is 143 cm³/mol. The molecule has 0 bridgehead atoms. The zero-order valence-corrected chi connectivity index (χ0v) is 21.1. The highest BCUT2D eigenvalue weighted by Crippen LogP contribution is 2.38. The Kier molecular flexibility index (Phi) is 5.50. The van der Waals surface area contributed by atoms with Gasteiger partial charge in [0.05, 0.1) is 22.8 Å². The van der Waals surface area contributed by atoms with Crippen LogP contribution in [-0.2, 0) is 17.5 Å². The topological polar surface area (TPSA) is 66.8 Å². The van der Waals surface area contributed by atoms with Gasteiger partial charge < -0.3 is 9.47 Å². The molecule has 9 heteroatoms. The van der Waals surface area contributed by atoms with Crippen molar-refractivity contribution in [3.8, 4) is 22.5 Å². The number of halogens is 3. The number of rotatable bonds is 5. The molecule has 1 saturated carbocycles. The van der Waals surface area contributed by atoms with Gasteiger partial charge in [-0.25, -0.2) is 4.98 Å². The van der Waals surface area contributed by atoms with Gasteiger partial charge in [-0.3, -0.25) is 9.89 Å². The second-order valence-electron chi connectivity index (χ2n) is 10.7. The van der Waals surface area contributed by atoms with Crippen molar-refractivity contribution in [2.45, 2.75) is 32.0 Å². The summed E-state index contributed by atoms with van der Waals surface area (Å²) in [4.78, 5) is 19.1. The molecule has 1 aliphatic heterocycles. The predicted octanol–water partition coefficient (Wildman–Crippen LogP) is 6.52. The first-order chi connectivity index (χ1) is 18.8. The lowest BCUT2D eigenvalue weighted by atomic mass is 10.0. The van der Waals surface area contributed by atoms with Crippen molar-refractivity contribution in [1.82, 2.24) is 24.6 Å². The summed E-state index contributed by atoms with van der Waals surface area (Å²) in [6.07, 6.45) is 0.00932. The molecular formula is C30H26F3N5O. The van der Waals surface area contributed by atoms with Crippen LogP contribution in [0.15, 0.2) is 66.9 Å². The van der Waals surface area contributed by atoms with Crippen molar-refractivity contribution >= 4 is 27.8 Å². The van der Waals surface area contributed by atoms with Crippen LogP contribution in [0.1, 0.15) is 24.8 Å². The minimum atomic E-state index is -4.51. The Hall–Kier alpha value is -4.14. The van der Waals surface area contributed by atoms with Crippen LogP contribution >= 0.6 is 0 Å². The fraction of sp³-hybridized carbons (Fsp3) is 0.300. The highest BCUT2D eigenvalue weighted by molar-refractivity contribution is 5.86. The molecular weight excluding hydrogens is 503 g/mol. The smallest absolute Gasteiger partial charge is 0.342 e. The minimum Gasteiger partial charge on any atom is -0.342 e. The summed E-state index contributed by atoms with van der Waals surface area (Å²) in [5.41, 5.74) is 3.36. The number of carbonyl (C=O) groups excluding carboxylic acids is 1. The van der Waals surface area contributed by atoms with Crippen molar-refractivity contribution < 1.29 is 18.0 Å². The third-order valence-electron chi connectivity index (χ3n) is 7.97. The number of hydrogen-bond donors (Lipinski definition) is 1. The number of imidazole rings is 1. The van der Waals surface area contributed by atoms with E-state index in [0.29, 0.717) is 31.0 Å². The SMILES string of the molecule is O=C(C1CC1)N1CCC(Cn2c(-c3ccc(-c4ccc5cn[nH]c5c4)cc3)nc3c(C(F)(F)F)cccc32)C1. The van der Waals surface area contributed by atoms with Gasteiger partial charge in [-0.15, -0.1) is 0 Å². The average Bonchev–Trinajstić information content (AvgIpc) is 3.32. The molecule has 7 rings (SSSR count). The summed E-state index contributed by atoms with van der Waals surface area (Å²) in [6, 6.07) is 18.0. The van der Waals surface area contributed by atoms with Gasteiger partial charge in [0.1, 0.15) is 11.3 Å². The summed E-state index contributed by atoms with van der Waals surface area (Å²) in [5, 5.41) is 8.08. The number of nitrogens with one attached hydrogen (secondary N) is 1. The zero-order chi connectivity index (χ0) is 26.7. The monoisotopic (exact) mass is 529 g/mol. The second-order valence-corrected chi connectivity index (χ2v) is 10.7. The fourth-order valence-corrected chi connectivity index (χ4v) is 5.74. The zero-order valence-electron chi connectivity index (χ0n) is 21.1. The Morgan fingerprint density at radius 1 is 0.974 bits per heavy atom. The number of amides is 1. The Bertz CT molecular complexity index is 1700. The number of nitrogens with zero attached hydrogens (tertiary/aromatic N) is 4. The summed E-state index contributed by atoms with van der Waals surface area (Å²) in [5.74, 6) is 1.04. The van der Waals surface area contributed by atoms with Gasteiger partial charge in [0, 0.05) is 36.5 Å². The van der Waals surface area contributed by atoms with Gasteiger partial charge in [-0.05, 0) is 54.5 Å². The highest BCUT2D eigenvalue weighted by atomic mass is 19.4. The van der Waals surface area contributed by atoms with Gasteiger partial charge in [0.15, 0.2) is 0 Å². The molecule has 198 valence electrons. The number of benzene rings is 3. The number of likely N-dealkylation sites (tertiary alicyclic amines) is 1. The number of aromatic nitrogens is 4. The normalized spacial score (nSPS) is 17.9. The third kappa shape index (κ3) is 4.35. The van der Waals surface area contributed by atoms with E-state index in [1.54, 1.807) is 12.3 Å². The highest BCUT2D eigenvalue weighted by Gasteiger charge is 2.38. The number of H-pyrrole nitrogens is 1. The lowest BCUT2D eigenvalue weighted by Gasteiger charge is -2.18. The van der Waals surface area contributed by atoms with Crippen molar-refractivity contribution in [2.75, 3.05) is 13.1 Å². The molecule has 2 aromatic heterocycles. The molecule has 0 radical (unpaired) electrons. The van der Waals surface area contributed by atoms with Crippen LogP contribution < -0.4 is 0 Å². The number of aromatic amines is 1. The molecule has 3 heterocycles. The van der Waals surface area contributed by atoms with E-state index < -0.39 is 11.7 Å². The van der Waals surface area contributed by atoms with Crippen LogP contribution in [0.4, 0.5) is 13.2 Å². The van der Waals surface area contributed by atoms with E-state index in [9.17, 15) is 18.0 Å². The largest absolute Gasteiger partial charge is 0.418 e. The molecule has 6 nitrogen and oxygen atoms in total. The number of carbonyl (C=O) groups is 1. The maximum atomic E-state index is 13.9. The summed E-state index contributed by atoms with van der Waals surface area (Å²) in [7, 11) is 0. The first-order valence-electron chi connectivity index (χ1n) is 13.2. The van der Waals surface area contributed by atoms with Crippen LogP contribution in [0.5, 0.6) is 0 Å². The van der Waals surface area contributed by atoms with Crippen LogP contribution in [0.3, 0.4) is 0 Å². The molecule has 1 aliphatic carbocycles. The Morgan fingerprint density at radius 2 is 1.74 bits per heavy atom. The van der Waals surface area contributed by atoms with E-state index in [1.165, 1.54) is 6.07 Å². The van der Waals surface area contributed by atoms with E-state index in [1.807, 2.05) is 51.9 Å². The van der Waals surface area contributed by atoms with Crippen molar-refractivity contribution in [3.05, 3.63) is 72.4 Å². The molecule has 2 fully saturated rings. The van der Waals surface area contributed by atoms with E-state index in [2.05, 4.69) is 15.2 Å².